The zero-order valence-electron chi connectivity index (χ0n) is 15.2. The van der Waals surface area contributed by atoms with Gasteiger partial charge in [-0.25, -0.2) is 0 Å². The van der Waals surface area contributed by atoms with Gasteiger partial charge in [-0.3, -0.25) is 14.6 Å². The molecular formula is C24H22N2O. The largest absolute Gasteiger partial charge is 0.298 e. The molecule has 0 bridgehead atoms. The molecule has 0 radical (unpaired) electrons. The topological polar surface area (TPSA) is 23.6 Å². The van der Waals surface area contributed by atoms with Gasteiger partial charge in [-0.05, 0) is 42.3 Å². The maximum absolute atomic E-state index is 13.7. The molecule has 1 saturated heterocycles. The first-order valence-electron chi connectivity index (χ1n) is 9.53. The Kier molecular flexibility index (Phi) is 3.83. The standard InChI is InChI=1S/C24H22N2O/c27-23-24(15-16-25(18-24)17-19-9-3-1-4-10-19)21-13-7-8-14-22(21)26(23)20-11-5-2-6-12-20/h1-14H,15-18H2. The second-order valence-corrected chi connectivity index (χ2v) is 7.52. The van der Waals surface area contributed by atoms with E-state index in [1.807, 2.05) is 47.4 Å². The summed E-state index contributed by atoms with van der Waals surface area (Å²) in [5.41, 5.74) is 4.03. The Morgan fingerprint density at radius 3 is 2.26 bits per heavy atom. The van der Waals surface area contributed by atoms with Crippen molar-refractivity contribution in [3.05, 3.63) is 96.1 Å². The molecule has 134 valence electrons. The van der Waals surface area contributed by atoms with Crippen molar-refractivity contribution in [3.8, 4) is 0 Å². The summed E-state index contributed by atoms with van der Waals surface area (Å²) in [5, 5.41) is 0. The van der Waals surface area contributed by atoms with Crippen molar-refractivity contribution in [2.24, 2.45) is 0 Å². The number of rotatable bonds is 3. The number of amides is 1. The fraction of sp³-hybridized carbons (Fsp3) is 0.208. The number of fused-ring (bicyclic) bond motifs is 2. The predicted octanol–water partition coefficient (Wildman–Crippen LogP) is 4.51. The minimum absolute atomic E-state index is 0.213. The summed E-state index contributed by atoms with van der Waals surface area (Å²) >= 11 is 0. The van der Waals surface area contributed by atoms with Crippen molar-refractivity contribution >= 4 is 17.3 Å². The Hall–Kier alpha value is -2.91. The molecule has 3 nitrogen and oxygen atoms in total. The van der Waals surface area contributed by atoms with E-state index in [1.165, 1.54) is 11.1 Å². The maximum atomic E-state index is 13.7. The summed E-state index contributed by atoms with van der Waals surface area (Å²) in [4.78, 5) is 18.0. The molecule has 0 N–H and O–H groups in total. The summed E-state index contributed by atoms with van der Waals surface area (Å²) in [6, 6.07) is 28.8. The number of likely N-dealkylation sites (tertiary alicyclic amines) is 1. The Morgan fingerprint density at radius 2 is 1.48 bits per heavy atom. The van der Waals surface area contributed by atoms with E-state index >= 15 is 0 Å². The van der Waals surface area contributed by atoms with Crippen LogP contribution in [0.5, 0.6) is 0 Å². The van der Waals surface area contributed by atoms with Crippen molar-refractivity contribution in [2.75, 3.05) is 18.0 Å². The van der Waals surface area contributed by atoms with E-state index < -0.39 is 5.41 Å². The van der Waals surface area contributed by atoms with Crippen LogP contribution in [0.3, 0.4) is 0 Å². The molecule has 0 aliphatic carbocycles. The highest BCUT2D eigenvalue weighted by molar-refractivity contribution is 6.13. The van der Waals surface area contributed by atoms with Gasteiger partial charge in [0.15, 0.2) is 0 Å². The van der Waals surface area contributed by atoms with Gasteiger partial charge >= 0.3 is 0 Å². The minimum atomic E-state index is -0.429. The van der Waals surface area contributed by atoms with E-state index in [-0.39, 0.29) is 5.91 Å². The summed E-state index contributed by atoms with van der Waals surface area (Å²) in [5.74, 6) is 0.213. The molecule has 2 heterocycles. The number of carbonyl (C=O) groups excluding carboxylic acids is 1. The van der Waals surface area contributed by atoms with E-state index in [9.17, 15) is 4.79 Å². The molecule has 0 saturated carbocycles. The zero-order valence-corrected chi connectivity index (χ0v) is 15.2. The van der Waals surface area contributed by atoms with Crippen LogP contribution in [-0.4, -0.2) is 23.9 Å². The smallest absolute Gasteiger partial charge is 0.243 e. The molecule has 3 heteroatoms. The van der Waals surface area contributed by atoms with E-state index in [2.05, 4.69) is 47.4 Å². The van der Waals surface area contributed by atoms with Gasteiger partial charge in [0, 0.05) is 18.8 Å². The third kappa shape index (κ3) is 2.58. The summed E-state index contributed by atoms with van der Waals surface area (Å²) in [6.45, 7) is 2.61. The third-order valence-electron chi connectivity index (χ3n) is 5.88. The fourth-order valence-corrected chi connectivity index (χ4v) is 4.61. The maximum Gasteiger partial charge on any atom is 0.243 e. The lowest BCUT2D eigenvalue weighted by Gasteiger charge is -2.25. The Morgan fingerprint density at radius 1 is 0.815 bits per heavy atom. The van der Waals surface area contributed by atoms with E-state index in [1.54, 1.807) is 0 Å². The first-order chi connectivity index (χ1) is 13.3. The summed E-state index contributed by atoms with van der Waals surface area (Å²) < 4.78 is 0. The monoisotopic (exact) mass is 354 g/mol. The molecule has 2 aliphatic heterocycles. The van der Waals surface area contributed by atoms with Crippen LogP contribution in [0.25, 0.3) is 0 Å². The molecular weight excluding hydrogens is 332 g/mol. The van der Waals surface area contributed by atoms with Gasteiger partial charge in [-0.2, -0.15) is 0 Å². The van der Waals surface area contributed by atoms with Crippen LogP contribution in [0.15, 0.2) is 84.9 Å². The molecule has 0 aromatic heterocycles. The lowest BCUT2D eigenvalue weighted by Crippen LogP contribution is -2.40. The Bertz CT molecular complexity index is 970. The van der Waals surface area contributed by atoms with Crippen molar-refractivity contribution in [3.63, 3.8) is 0 Å². The lowest BCUT2D eigenvalue weighted by molar-refractivity contribution is -0.122. The minimum Gasteiger partial charge on any atom is -0.298 e. The molecule has 5 rings (SSSR count). The number of hydrogen-bond acceptors (Lipinski definition) is 2. The highest BCUT2D eigenvalue weighted by Gasteiger charge is 2.54. The van der Waals surface area contributed by atoms with Crippen LogP contribution < -0.4 is 4.90 Å². The van der Waals surface area contributed by atoms with Crippen LogP contribution in [0.4, 0.5) is 11.4 Å². The second-order valence-electron chi connectivity index (χ2n) is 7.52. The Labute approximate surface area is 159 Å². The van der Waals surface area contributed by atoms with Gasteiger partial charge in [-0.15, -0.1) is 0 Å². The normalized spacial score (nSPS) is 21.8. The first kappa shape index (κ1) is 16.3. The SMILES string of the molecule is O=C1N(c2ccccc2)c2ccccc2C12CCN(Cc1ccccc1)C2. The number of anilines is 2. The molecule has 2 aliphatic rings. The highest BCUT2D eigenvalue weighted by atomic mass is 16.2. The molecule has 1 fully saturated rings. The predicted molar refractivity (Wildman–Crippen MR) is 108 cm³/mol. The van der Waals surface area contributed by atoms with Crippen molar-refractivity contribution < 1.29 is 4.79 Å². The molecule has 1 amide bonds. The van der Waals surface area contributed by atoms with Gasteiger partial charge < -0.3 is 0 Å². The van der Waals surface area contributed by atoms with Gasteiger partial charge in [0.05, 0.1) is 11.1 Å². The number of hydrogen-bond donors (Lipinski definition) is 0. The molecule has 1 atom stereocenters. The summed E-state index contributed by atoms with van der Waals surface area (Å²) in [6.07, 6.45) is 0.874. The Balaban J connectivity index is 1.51. The molecule has 27 heavy (non-hydrogen) atoms. The van der Waals surface area contributed by atoms with Crippen LogP contribution in [0.1, 0.15) is 17.5 Å². The van der Waals surface area contributed by atoms with Crippen LogP contribution in [0.2, 0.25) is 0 Å². The van der Waals surface area contributed by atoms with E-state index in [0.717, 1.165) is 37.4 Å². The number of benzene rings is 3. The van der Waals surface area contributed by atoms with Gasteiger partial charge in [0.25, 0.3) is 0 Å². The first-order valence-corrected chi connectivity index (χ1v) is 9.53. The van der Waals surface area contributed by atoms with Crippen molar-refractivity contribution in [1.82, 2.24) is 4.90 Å². The van der Waals surface area contributed by atoms with Gasteiger partial charge in [0.1, 0.15) is 0 Å². The molecule has 3 aromatic rings. The molecule has 3 aromatic carbocycles. The van der Waals surface area contributed by atoms with E-state index in [0.29, 0.717) is 0 Å². The number of nitrogens with zero attached hydrogens (tertiary/aromatic N) is 2. The average molecular weight is 354 g/mol. The van der Waals surface area contributed by atoms with Crippen molar-refractivity contribution in [2.45, 2.75) is 18.4 Å². The molecule has 1 unspecified atom stereocenters. The summed E-state index contributed by atoms with van der Waals surface area (Å²) in [7, 11) is 0. The van der Waals surface area contributed by atoms with Crippen molar-refractivity contribution in [1.29, 1.82) is 0 Å². The van der Waals surface area contributed by atoms with Gasteiger partial charge in [0.2, 0.25) is 5.91 Å². The van der Waals surface area contributed by atoms with Crippen LogP contribution >= 0.6 is 0 Å². The lowest BCUT2D eigenvalue weighted by atomic mass is 9.81. The number of carbonyl (C=O) groups is 1. The quantitative estimate of drug-likeness (QED) is 0.691. The zero-order chi connectivity index (χ0) is 18.3. The number of para-hydroxylation sites is 2. The average Bonchev–Trinajstić information content (AvgIpc) is 3.24. The van der Waals surface area contributed by atoms with E-state index in [4.69, 9.17) is 0 Å². The molecule has 1 spiro atoms. The highest BCUT2D eigenvalue weighted by Crippen LogP contribution is 2.49. The van der Waals surface area contributed by atoms with Crippen LogP contribution in [0, 0.1) is 0 Å². The van der Waals surface area contributed by atoms with Gasteiger partial charge in [-0.1, -0.05) is 66.7 Å². The fourth-order valence-electron chi connectivity index (χ4n) is 4.61. The second kappa shape index (κ2) is 6.36. The third-order valence-corrected chi connectivity index (χ3v) is 5.88. The van der Waals surface area contributed by atoms with Crippen LogP contribution in [-0.2, 0) is 16.8 Å².